The quantitative estimate of drug-likeness (QED) is 0.846. The van der Waals surface area contributed by atoms with E-state index in [9.17, 15) is 9.18 Å². The van der Waals surface area contributed by atoms with Crippen molar-refractivity contribution in [3.63, 3.8) is 0 Å². The van der Waals surface area contributed by atoms with E-state index < -0.39 is 0 Å². The lowest BCUT2D eigenvalue weighted by Gasteiger charge is -2.37. The number of nitrogens with zero attached hydrogens (tertiary/aromatic N) is 4. The highest BCUT2D eigenvalue weighted by Crippen LogP contribution is 2.20. The largest absolute Gasteiger partial charge is 0.355 e. The molecular formula is C20H26FN5O. The van der Waals surface area contributed by atoms with Gasteiger partial charge in [-0.3, -0.25) is 9.69 Å². The number of hydrogen-bond donors (Lipinski definition) is 1. The van der Waals surface area contributed by atoms with Crippen molar-refractivity contribution in [2.75, 3.05) is 32.0 Å². The normalized spacial score (nSPS) is 17.5. The second-order valence-corrected chi connectivity index (χ2v) is 6.86. The fraction of sp³-hybridized carbons (Fsp3) is 0.450. The lowest BCUT2D eigenvalue weighted by Crippen LogP contribution is -2.48. The summed E-state index contributed by atoms with van der Waals surface area (Å²) in [5.41, 5.74) is 1.17. The van der Waals surface area contributed by atoms with E-state index in [-0.39, 0.29) is 17.8 Å². The Kier molecular flexibility index (Phi) is 6.34. The molecule has 1 N–H and O–H groups in total. The molecular weight excluding hydrogens is 345 g/mol. The van der Waals surface area contributed by atoms with Crippen molar-refractivity contribution in [3.05, 3.63) is 53.6 Å². The van der Waals surface area contributed by atoms with Gasteiger partial charge < -0.3 is 10.2 Å². The Morgan fingerprint density at radius 2 is 2.07 bits per heavy atom. The lowest BCUT2D eigenvalue weighted by molar-refractivity contribution is 0.0607. The van der Waals surface area contributed by atoms with Gasteiger partial charge in [-0.15, -0.1) is 0 Å². The first-order chi connectivity index (χ1) is 13.1. The molecule has 0 unspecified atom stereocenters. The van der Waals surface area contributed by atoms with Crippen LogP contribution in [0.15, 0.2) is 36.7 Å². The number of anilines is 1. The number of carbonyl (C=O) groups excluding carboxylic acids is 1. The highest BCUT2D eigenvalue weighted by Gasteiger charge is 2.27. The van der Waals surface area contributed by atoms with Gasteiger partial charge in [0.25, 0.3) is 5.91 Å². The summed E-state index contributed by atoms with van der Waals surface area (Å²) >= 11 is 0. The van der Waals surface area contributed by atoms with E-state index in [1.54, 1.807) is 23.4 Å². The molecule has 6 nitrogen and oxygen atoms in total. The molecule has 1 atom stereocenters. The van der Waals surface area contributed by atoms with Gasteiger partial charge in [-0.25, -0.2) is 14.4 Å². The number of benzene rings is 1. The van der Waals surface area contributed by atoms with Crippen molar-refractivity contribution in [1.82, 2.24) is 19.8 Å². The first-order valence-corrected chi connectivity index (χ1v) is 9.37. The smallest absolute Gasteiger partial charge is 0.257 e. The molecule has 0 radical (unpaired) electrons. The summed E-state index contributed by atoms with van der Waals surface area (Å²) in [6.07, 6.45) is 5.03. The van der Waals surface area contributed by atoms with E-state index in [2.05, 4.69) is 20.2 Å². The SMILES string of the molecule is CCNc1ncc(C(=O)N(C)[C@@H]2CCCN(Cc3ccccc3F)C2)cn1. The first kappa shape index (κ1) is 19.2. The van der Waals surface area contributed by atoms with Crippen LogP contribution in [0.3, 0.4) is 0 Å². The van der Waals surface area contributed by atoms with E-state index in [1.807, 2.05) is 26.1 Å². The maximum atomic E-state index is 13.9. The van der Waals surface area contributed by atoms with Crippen LogP contribution in [0.25, 0.3) is 0 Å². The van der Waals surface area contributed by atoms with E-state index in [0.29, 0.717) is 23.6 Å². The second kappa shape index (κ2) is 8.90. The molecule has 0 bridgehead atoms. The topological polar surface area (TPSA) is 61.4 Å². The number of amides is 1. The second-order valence-electron chi connectivity index (χ2n) is 6.86. The number of rotatable bonds is 6. The molecule has 2 heterocycles. The highest BCUT2D eigenvalue weighted by molar-refractivity contribution is 5.93. The van der Waals surface area contributed by atoms with Gasteiger partial charge >= 0.3 is 0 Å². The molecule has 144 valence electrons. The molecule has 2 aromatic rings. The molecule has 27 heavy (non-hydrogen) atoms. The van der Waals surface area contributed by atoms with Crippen molar-refractivity contribution in [3.8, 4) is 0 Å². The van der Waals surface area contributed by atoms with Gasteiger partial charge in [0.05, 0.1) is 5.56 Å². The van der Waals surface area contributed by atoms with E-state index >= 15 is 0 Å². The number of carbonyl (C=O) groups is 1. The minimum atomic E-state index is -0.179. The zero-order valence-electron chi connectivity index (χ0n) is 15.9. The third-order valence-electron chi connectivity index (χ3n) is 4.93. The van der Waals surface area contributed by atoms with Crippen LogP contribution in [-0.4, -0.2) is 58.4 Å². The third kappa shape index (κ3) is 4.80. The van der Waals surface area contributed by atoms with Crippen LogP contribution in [0.1, 0.15) is 35.7 Å². The molecule has 1 saturated heterocycles. The van der Waals surface area contributed by atoms with E-state index in [0.717, 1.165) is 32.5 Å². The third-order valence-corrected chi connectivity index (χ3v) is 4.93. The van der Waals surface area contributed by atoms with Gasteiger partial charge in [0, 0.05) is 50.7 Å². The van der Waals surface area contributed by atoms with Crippen molar-refractivity contribution < 1.29 is 9.18 Å². The number of likely N-dealkylation sites (tertiary alicyclic amines) is 1. The number of nitrogens with one attached hydrogen (secondary N) is 1. The number of likely N-dealkylation sites (N-methyl/N-ethyl adjacent to an activating group) is 1. The Balaban J connectivity index is 1.62. The van der Waals surface area contributed by atoms with Crippen molar-refractivity contribution in [2.45, 2.75) is 32.4 Å². The minimum Gasteiger partial charge on any atom is -0.355 e. The Morgan fingerprint density at radius 3 is 2.78 bits per heavy atom. The van der Waals surface area contributed by atoms with Crippen molar-refractivity contribution in [2.24, 2.45) is 0 Å². The van der Waals surface area contributed by atoms with Gasteiger partial charge in [-0.05, 0) is 32.4 Å². The Labute approximate surface area is 159 Å². The van der Waals surface area contributed by atoms with Gasteiger partial charge in [-0.1, -0.05) is 18.2 Å². The molecule has 1 aliphatic heterocycles. The lowest BCUT2D eigenvalue weighted by atomic mass is 10.0. The number of piperidine rings is 1. The van der Waals surface area contributed by atoms with Crippen LogP contribution in [0.2, 0.25) is 0 Å². The standard InChI is InChI=1S/C20H26FN5O/c1-3-22-20-23-11-16(12-24-20)19(27)25(2)17-8-6-10-26(14-17)13-15-7-4-5-9-18(15)21/h4-5,7,9,11-12,17H,3,6,8,10,13-14H2,1-2H3,(H,22,23,24)/t17-/m1/s1. The summed E-state index contributed by atoms with van der Waals surface area (Å²) in [4.78, 5) is 25.1. The van der Waals surface area contributed by atoms with Crippen molar-refractivity contribution >= 4 is 11.9 Å². The molecule has 1 aliphatic rings. The molecule has 1 aromatic carbocycles. The maximum absolute atomic E-state index is 13.9. The molecule has 0 aliphatic carbocycles. The van der Waals surface area contributed by atoms with Gasteiger partial charge in [0.2, 0.25) is 5.95 Å². The van der Waals surface area contributed by atoms with Crippen LogP contribution in [0.4, 0.5) is 10.3 Å². The summed E-state index contributed by atoms with van der Waals surface area (Å²) in [6, 6.07) is 6.95. The number of halogens is 1. The van der Waals surface area contributed by atoms with Crippen LogP contribution >= 0.6 is 0 Å². The van der Waals surface area contributed by atoms with Crippen LogP contribution in [0.5, 0.6) is 0 Å². The number of aromatic nitrogens is 2. The van der Waals surface area contributed by atoms with Gasteiger partial charge in [-0.2, -0.15) is 0 Å². The summed E-state index contributed by atoms with van der Waals surface area (Å²) < 4.78 is 13.9. The summed E-state index contributed by atoms with van der Waals surface area (Å²) in [5.74, 6) is 0.253. The summed E-state index contributed by atoms with van der Waals surface area (Å²) in [7, 11) is 1.82. The maximum Gasteiger partial charge on any atom is 0.257 e. The first-order valence-electron chi connectivity index (χ1n) is 9.37. The van der Waals surface area contributed by atoms with Gasteiger partial charge in [0.15, 0.2) is 0 Å². The summed E-state index contributed by atoms with van der Waals surface area (Å²) in [5, 5.41) is 3.02. The number of hydrogen-bond acceptors (Lipinski definition) is 5. The summed E-state index contributed by atoms with van der Waals surface area (Å²) in [6.45, 7) is 4.89. The predicted molar refractivity (Wildman–Crippen MR) is 103 cm³/mol. The average Bonchev–Trinajstić information content (AvgIpc) is 2.70. The Hall–Kier alpha value is -2.54. The van der Waals surface area contributed by atoms with Crippen LogP contribution in [0, 0.1) is 5.82 Å². The average molecular weight is 371 g/mol. The molecule has 1 fully saturated rings. The molecule has 1 aromatic heterocycles. The molecule has 0 spiro atoms. The zero-order valence-corrected chi connectivity index (χ0v) is 15.9. The Bertz CT molecular complexity index is 767. The monoisotopic (exact) mass is 371 g/mol. The highest BCUT2D eigenvalue weighted by atomic mass is 19.1. The fourth-order valence-corrected chi connectivity index (χ4v) is 3.42. The van der Waals surface area contributed by atoms with Crippen molar-refractivity contribution in [1.29, 1.82) is 0 Å². The van der Waals surface area contributed by atoms with Crippen LogP contribution < -0.4 is 5.32 Å². The van der Waals surface area contributed by atoms with E-state index in [1.165, 1.54) is 6.07 Å². The fourth-order valence-electron chi connectivity index (χ4n) is 3.42. The molecule has 7 heteroatoms. The van der Waals surface area contributed by atoms with E-state index in [4.69, 9.17) is 0 Å². The minimum absolute atomic E-state index is 0.0872. The zero-order chi connectivity index (χ0) is 19.2. The van der Waals surface area contributed by atoms with Gasteiger partial charge in [0.1, 0.15) is 5.82 Å². The molecule has 3 rings (SSSR count). The predicted octanol–water partition coefficient (Wildman–Crippen LogP) is 2.78. The Morgan fingerprint density at radius 1 is 1.33 bits per heavy atom. The molecule has 0 saturated carbocycles. The van der Waals surface area contributed by atoms with Crippen LogP contribution in [-0.2, 0) is 6.54 Å². The molecule has 1 amide bonds.